The van der Waals surface area contributed by atoms with E-state index < -0.39 is 6.04 Å². The second-order valence-corrected chi connectivity index (χ2v) is 8.30. The molecular formula is C30H37N5O2. The predicted octanol–water partition coefficient (Wildman–Crippen LogP) is 4.63. The zero-order chi connectivity index (χ0) is 26.6. The maximum atomic E-state index is 10.5. The van der Waals surface area contributed by atoms with Crippen LogP contribution in [0.5, 0.6) is 0 Å². The van der Waals surface area contributed by atoms with Gasteiger partial charge in [-0.25, -0.2) is 4.98 Å². The molecule has 1 amide bonds. The minimum atomic E-state index is -0.417. The van der Waals surface area contributed by atoms with Crippen molar-refractivity contribution in [3.8, 4) is 0 Å². The summed E-state index contributed by atoms with van der Waals surface area (Å²) in [6, 6.07) is 30.2. The summed E-state index contributed by atoms with van der Waals surface area (Å²) in [6.07, 6.45) is 8.37. The average molecular weight is 500 g/mol. The molecule has 1 heterocycles. The molecule has 0 spiro atoms. The Morgan fingerprint density at radius 3 is 2.08 bits per heavy atom. The summed E-state index contributed by atoms with van der Waals surface area (Å²) in [5, 5.41) is 5.89. The van der Waals surface area contributed by atoms with Crippen LogP contribution >= 0.6 is 0 Å². The van der Waals surface area contributed by atoms with Gasteiger partial charge in [0.25, 0.3) is 0 Å². The van der Waals surface area contributed by atoms with Gasteiger partial charge in [-0.15, -0.1) is 0 Å². The number of anilines is 1. The minimum absolute atomic E-state index is 0.341. The highest BCUT2D eigenvalue weighted by Crippen LogP contribution is 2.18. The van der Waals surface area contributed by atoms with Crippen molar-refractivity contribution in [3.63, 3.8) is 0 Å². The molecule has 0 bridgehead atoms. The first kappa shape index (κ1) is 29.0. The van der Waals surface area contributed by atoms with Crippen molar-refractivity contribution < 1.29 is 9.59 Å². The lowest BCUT2D eigenvalue weighted by molar-refractivity contribution is -0.115. The number of nitrogens with zero attached hydrogens (tertiary/aromatic N) is 2. The summed E-state index contributed by atoms with van der Waals surface area (Å²) in [5.74, 6) is 0. The molecular weight excluding hydrogens is 462 g/mol. The number of aryl methyl sites for hydroxylation is 1. The fourth-order valence-electron chi connectivity index (χ4n) is 3.40. The van der Waals surface area contributed by atoms with E-state index in [9.17, 15) is 9.59 Å². The first-order valence-electron chi connectivity index (χ1n) is 12.4. The molecule has 1 unspecified atom stereocenters. The predicted molar refractivity (Wildman–Crippen MR) is 150 cm³/mol. The number of para-hydroxylation sites is 1. The van der Waals surface area contributed by atoms with Crippen LogP contribution < -0.4 is 16.4 Å². The smallest absolute Gasteiger partial charge is 0.207 e. The van der Waals surface area contributed by atoms with E-state index in [0.29, 0.717) is 18.9 Å². The molecule has 0 saturated heterocycles. The number of aromatic nitrogens is 2. The maximum Gasteiger partial charge on any atom is 0.207 e. The van der Waals surface area contributed by atoms with E-state index in [2.05, 4.69) is 58.9 Å². The van der Waals surface area contributed by atoms with Gasteiger partial charge in [-0.2, -0.15) is 0 Å². The van der Waals surface area contributed by atoms with Crippen molar-refractivity contribution >= 4 is 18.4 Å². The number of imidazole rings is 1. The Labute approximate surface area is 219 Å². The fraction of sp³-hybridized carbons (Fsp3) is 0.233. The summed E-state index contributed by atoms with van der Waals surface area (Å²) in [4.78, 5) is 24.5. The Morgan fingerprint density at radius 2 is 1.54 bits per heavy atom. The van der Waals surface area contributed by atoms with Gasteiger partial charge in [0.1, 0.15) is 6.29 Å². The number of hydrogen-bond acceptors (Lipinski definition) is 5. The van der Waals surface area contributed by atoms with Crippen LogP contribution in [0, 0.1) is 0 Å². The number of nitrogens with one attached hydrogen (secondary N) is 2. The van der Waals surface area contributed by atoms with Crippen molar-refractivity contribution in [2.75, 3.05) is 11.9 Å². The third-order valence-corrected chi connectivity index (χ3v) is 5.38. The minimum Gasteiger partial charge on any atom is -0.379 e. The number of aldehydes is 1. The Balaban J connectivity index is 0.000000201. The molecule has 4 rings (SSSR count). The van der Waals surface area contributed by atoms with Gasteiger partial charge in [-0.3, -0.25) is 4.79 Å². The van der Waals surface area contributed by atoms with Crippen LogP contribution in [0.3, 0.4) is 0 Å². The summed E-state index contributed by atoms with van der Waals surface area (Å²) >= 11 is 0. The maximum absolute atomic E-state index is 10.5. The van der Waals surface area contributed by atoms with Crippen LogP contribution in [0.15, 0.2) is 110 Å². The van der Waals surface area contributed by atoms with Gasteiger partial charge in [0.05, 0.1) is 12.4 Å². The first-order valence-corrected chi connectivity index (χ1v) is 12.4. The molecule has 0 aliphatic heterocycles. The lowest BCUT2D eigenvalue weighted by Gasteiger charge is -2.15. The van der Waals surface area contributed by atoms with Crippen molar-refractivity contribution in [2.24, 2.45) is 5.73 Å². The van der Waals surface area contributed by atoms with Crippen molar-refractivity contribution in [2.45, 2.75) is 38.4 Å². The Kier molecular flexibility index (Phi) is 14.2. The van der Waals surface area contributed by atoms with E-state index in [-0.39, 0.29) is 0 Å². The topological polar surface area (TPSA) is 102 Å². The fourth-order valence-corrected chi connectivity index (χ4v) is 3.40. The van der Waals surface area contributed by atoms with Crippen LogP contribution in [0.25, 0.3) is 0 Å². The molecule has 7 nitrogen and oxygen atoms in total. The Morgan fingerprint density at radius 1 is 0.919 bits per heavy atom. The van der Waals surface area contributed by atoms with E-state index in [1.165, 1.54) is 5.56 Å². The molecule has 4 N–H and O–H groups in total. The lowest BCUT2D eigenvalue weighted by Crippen LogP contribution is -2.31. The number of carbonyl (C=O) groups is 2. The molecule has 3 aromatic carbocycles. The third-order valence-electron chi connectivity index (χ3n) is 5.38. The monoisotopic (exact) mass is 499 g/mol. The van der Waals surface area contributed by atoms with Gasteiger partial charge in [0.15, 0.2) is 0 Å². The van der Waals surface area contributed by atoms with Gasteiger partial charge in [0, 0.05) is 30.7 Å². The van der Waals surface area contributed by atoms with Crippen LogP contribution in [0.1, 0.15) is 30.5 Å². The Bertz CT molecular complexity index is 1090. The van der Waals surface area contributed by atoms with E-state index in [4.69, 9.17) is 5.73 Å². The molecule has 0 radical (unpaired) electrons. The quantitative estimate of drug-likeness (QED) is 0.261. The molecule has 2 atom stereocenters. The molecule has 7 heteroatoms. The standard InChI is InChI=1S/C14H15N.C10H11NO2.C6H11N3/c1-12(13-8-4-2-5-9-13)15-14-10-6-3-7-11-14;12-7-10(11-8-13)6-9-4-2-1-3-5-9;7-2-1-4-9-5-3-8-6-9/h2-12,15H,1H3;1-5,7-8,10H,6H2,(H,11,13);3,5-6H,1-2,4,7H2/t;10-;/m.1./s1. The van der Waals surface area contributed by atoms with E-state index in [0.717, 1.165) is 37.0 Å². The second kappa shape index (κ2) is 18.1. The molecule has 0 saturated carbocycles. The highest BCUT2D eigenvalue weighted by molar-refractivity contribution is 5.64. The van der Waals surface area contributed by atoms with Crippen LogP contribution in [0.4, 0.5) is 5.69 Å². The zero-order valence-electron chi connectivity index (χ0n) is 21.3. The van der Waals surface area contributed by atoms with Crippen molar-refractivity contribution in [1.82, 2.24) is 14.9 Å². The summed E-state index contributed by atoms with van der Waals surface area (Å²) in [7, 11) is 0. The number of rotatable bonds is 11. The molecule has 194 valence electrons. The largest absolute Gasteiger partial charge is 0.379 e. The lowest BCUT2D eigenvalue weighted by atomic mass is 10.1. The normalized spacial score (nSPS) is 11.4. The highest BCUT2D eigenvalue weighted by atomic mass is 16.1. The van der Waals surface area contributed by atoms with Gasteiger partial charge < -0.3 is 25.7 Å². The van der Waals surface area contributed by atoms with Crippen molar-refractivity contribution in [1.29, 1.82) is 0 Å². The van der Waals surface area contributed by atoms with Crippen LogP contribution in [-0.4, -0.2) is 34.8 Å². The van der Waals surface area contributed by atoms with Crippen LogP contribution in [0.2, 0.25) is 0 Å². The van der Waals surface area contributed by atoms with E-state index in [1.807, 2.05) is 65.4 Å². The van der Waals surface area contributed by atoms with E-state index >= 15 is 0 Å². The summed E-state index contributed by atoms with van der Waals surface area (Å²) < 4.78 is 2.02. The Hall–Kier alpha value is -4.23. The first-order chi connectivity index (χ1) is 18.2. The van der Waals surface area contributed by atoms with E-state index in [1.54, 1.807) is 12.5 Å². The van der Waals surface area contributed by atoms with Gasteiger partial charge in [-0.05, 0) is 49.6 Å². The SMILES string of the molecule is CC(Nc1ccccc1)c1ccccc1.NCCCn1ccnc1.O=CN[C@@H](C=O)Cc1ccccc1. The number of hydrogen-bond donors (Lipinski definition) is 3. The summed E-state index contributed by atoms with van der Waals surface area (Å²) in [6.45, 7) is 3.90. The zero-order valence-corrected chi connectivity index (χ0v) is 21.3. The van der Waals surface area contributed by atoms with Gasteiger partial charge >= 0.3 is 0 Å². The number of carbonyl (C=O) groups excluding carboxylic acids is 2. The molecule has 0 fully saturated rings. The number of nitrogens with two attached hydrogens (primary N) is 1. The van der Waals surface area contributed by atoms with Crippen LogP contribution in [-0.2, 0) is 22.6 Å². The van der Waals surface area contributed by atoms with Gasteiger partial charge in [0.2, 0.25) is 6.41 Å². The van der Waals surface area contributed by atoms with Gasteiger partial charge in [-0.1, -0.05) is 78.9 Å². The van der Waals surface area contributed by atoms with Crippen molar-refractivity contribution in [3.05, 3.63) is 121 Å². The third kappa shape index (κ3) is 12.3. The number of amides is 1. The molecule has 4 aromatic rings. The average Bonchev–Trinajstić information content (AvgIpc) is 3.48. The second-order valence-electron chi connectivity index (χ2n) is 8.30. The molecule has 0 aliphatic carbocycles. The summed E-state index contributed by atoms with van der Waals surface area (Å²) in [5.41, 5.74) is 8.82. The highest BCUT2D eigenvalue weighted by Gasteiger charge is 2.05. The molecule has 1 aromatic heterocycles. The molecule has 37 heavy (non-hydrogen) atoms. The number of benzene rings is 3. The molecule has 0 aliphatic rings.